The van der Waals surface area contributed by atoms with Crippen LogP contribution in [0.3, 0.4) is 0 Å². The van der Waals surface area contributed by atoms with Crippen LogP contribution in [-0.4, -0.2) is 18.7 Å². The quantitative estimate of drug-likeness (QED) is 0.786. The Morgan fingerprint density at radius 1 is 1.28 bits per heavy atom. The largest absolute Gasteiger partial charge is 0.414 e. The van der Waals surface area contributed by atoms with E-state index in [4.69, 9.17) is 5.73 Å². The third kappa shape index (κ3) is 5.15. The van der Waals surface area contributed by atoms with Gasteiger partial charge in [0.15, 0.2) is 6.61 Å². The maximum Gasteiger partial charge on any atom is 0.414 e. The predicted octanol–water partition coefficient (Wildman–Crippen LogP) is 1.30. The van der Waals surface area contributed by atoms with Gasteiger partial charge in [0.05, 0.1) is 6.42 Å². The van der Waals surface area contributed by atoms with Crippen LogP contribution in [0.2, 0.25) is 0 Å². The van der Waals surface area contributed by atoms with Gasteiger partial charge in [-0.15, -0.1) is 0 Å². The van der Waals surface area contributed by atoms with Crippen molar-refractivity contribution in [2.45, 2.75) is 19.1 Å². The highest BCUT2D eigenvalue weighted by Gasteiger charge is 2.28. The summed E-state index contributed by atoms with van der Waals surface area (Å²) in [5.41, 5.74) is 8.64. The fourth-order valence-corrected chi connectivity index (χ4v) is 1.34. The fourth-order valence-electron chi connectivity index (χ4n) is 1.34. The number of hydrogen-bond acceptors (Lipinski definition) is 3. The first-order valence-electron chi connectivity index (χ1n) is 5.16. The van der Waals surface area contributed by atoms with Gasteiger partial charge in [-0.3, -0.25) is 9.63 Å². The van der Waals surface area contributed by atoms with Crippen molar-refractivity contribution in [1.29, 1.82) is 0 Å². The maximum absolute atomic E-state index is 11.8. The van der Waals surface area contributed by atoms with E-state index in [1.54, 1.807) is 29.7 Å². The minimum atomic E-state index is -4.47. The Bertz CT molecular complexity index is 408. The van der Waals surface area contributed by atoms with Crippen molar-refractivity contribution in [2.24, 2.45) is 5.73 Å². The zero-order chi connectivity index (χ0) is 13.6. The summed E-state index contributed by atoms with van der Waals surface area (Å²) < 4.78 is 35.3. The van der Waals surface area contributed by atoms with Crippen LogP contribution >= 0.6 is 0 Å². The summed E-state index contributed by atoms with van der Waals surface area (Å²) in [6, 6.07) is 6.92. The second-order valence-corrected chi connectivity index (χ2v) is 3.58. The molecule has 1 aromatic rings. The third-order valence-electron chi connectivity index (χ3n) is 2.11. The van der Waals surface area contributed by atoms with E-state index in [-0.39, 0.29) is 13.0 Å². The molecule has 0 aromatic heterocycles. The number of benzene rings is 1. The molecule has 0 spiro atoms. The van der Waals surface area contributed by atoms with Gasteiger partial charge in [0.25, 0.3) is 0 Å². The van der Waals surface area contributed by atoms with E-state index in [0.29, 0.717) is 5.56 Å². The molecule has 100 valence electrons. The molecule has 0 bridgehead atoms. The summed E-state index contributed by atoms with van der Waals surface area (Å²) in [7, 11) is 0. The van der Waals surface area contributed by atoms with E-state index in [1.807, 2.05) is 0 Å². The number of nitrogens with one attached hydrogen (secondary N) is 1. The van der Waals surface area contributed by atoms with Gasteiger partial charge in [0, 0.05) is 6.54 Å². The summed E-state index contributed by atoms with van der Waals surface area (Å²) in [5.74, 6) is -0.653. The Kier molecular flexibility index (Phi) is 5.11. The second-order valence-electron chi connectivity index (χ2n) is 3.58. The molecule has 18 heavy (non-hydrogen) atoms. The Morgan fingerprint density at radius 3 is 2.44 bits per heavy atom. The number of halogens is 3. The molecule has 7 heteroatoms. The number of carbonyl (C=O) groups excluding carboxylic acids is 1. The van der Waals surface area contributed by atoms with Gasteiger partial charge in [0.1, 0.15) is 0 Å². The van der Waals surface area contributed by atoms with Crippen molar-refractivity contribution in [3.05, 3.63) is 35.4 Å². The van der Waals surface area contributed by atoms with Gasteiger partial charge in [-0.1, -0.05) is 24.3 Å². The molecule has 0 fully saturated rings. The van der Waals surface area contributed by atoms with Crippen molar-refractivity contribution in [3.63, 3.8) is 0 Å². The zero-order valence-electron chi connectivity index (χ0n) is 9.46. The minimum Gasteiger partial charge on any atom is -0.326 e. The lowest BCUT2D eigenvalue weighted by Gasteiger charge is -2.10. The van der Waals surface area contributed by atoms with Gasteiger partial charge < -0.3 is 5.73 Å². The third-order valence-corrected chi connectivity index (χ3v) is 2.11. The zero-order valence-corrected chi connectivity index (χ0v) is 9.46. The number of alkyl halides is 3. The average molecular weight is 262 g/mol. The molecule has 0 radical (unpaired) electrons. The van der Waals surface area contributed by atoms with Gasteiger partial charge in [-0.05, 0) is 11.1 Å². The molecule has 1 aromatic carbocycles. The molecule has 3 N–H and O–H groups in total. The van der Waals surface area contributed by atoms with Gasteiger partial charge in [-0.25, -0.2) is 5.48 Å². The number of carbonyl (C=O) groups is 1. The van der Waals surface area contributed by atoms with Crippen LogP contribution < -0.4 is 11.2 Å². The van der Waals surface area contributed by atoms with Crippen molar-refractivity contribution >= 4 is 5.91 Å². The van der Waals surface area contributed by atoms with E-state index < -0.39 is 18.7 Å². The molecule has 0 aliphatic heterocycles. The second kappa shape index (κ2) is 6.36. The van der Waals surface area contributed by atoms with E-state index >= 15 is 0 Å². The molecule has 1 rings (SSSR count). The van der Waals surface area contributed by atoms with Gasteiger partial charge in [-0.2, -0.15) is 13.2 Å². The molecular formula is C11H13F3N2O2. The molecule has 0 saturated carbocycles. The predicted molar refractivity (Wildman–Crippen MR) is 58.2 cm³/mol. The van der Waals surface area contributed by atoms with Gasteiger partial charge in [0.2, 0.25) is 5.91 Å². The number of hydrogen-bond donors (Lipinski definition) is 2. The van der Waals surface area contributed by atoms with E-state index in [0.717, 1.165) is 5.56 Å². The van der Waals surface area contributed by atoms with Crippen LogP contribution in [0.1, 0.15) is 11.1 Å². The standard InChI is InChI=1S/C11H13F3N2O2/c12-11(13,14)7-18-16-10(17)5-8-3-1-2-4-9(8)6-15/h1-4H,5-7,15H2,(H,16,17). The average Bonchev–Trinajstić information content (AvgIpc) is 2.28. The molecule has 0 aliphatic rings. The lowest BCUT2D eigenvalue weighted by molar-refractivity contribution is -0.191. The number of hydroxylamine groups is 1. The first-order valence-corrected chi connectivity index (χ1v) is 5.16. The molecule has 0 heterocycles. The molecule has 0 atom stereocenters. The highest BCUT2D eigenvalue weighted by Crippen LogP contribution is 2.13. The molecule has 0 saturated heterocycles. The summed E-state index contributed by atoms with van der Waals surface area (Å²) in [5, 5.41) is 0. The number of amides is 1. The maximum atomic E-state index is 11.8. The van der Waals surface area contributed by atoms with Crippen LogP contribution in [0.5, 0.6) is 0 Å². The Labute approximate surface area is 102 Å². The smallest absolute Gasteiger partial charge is 0.326 e. The monoisotopic (exact) mass is 262 g/mol. The number of rotatable bonds is 5. The van der Waals surface area contributed by atoms with Crippen LogP contribution in [0.4, 0.5) is 13.2 Å². The summed E-state index contributed by atoms with van der Waals surface area (Å²) >= 11 is 0. The molecule has 4 nitrogen and oxygen atoms in total. The van der Waals surface area contributed by atoms with Crippen molar-refractivity contribution in [2.75, 3.05) is 6.61 Å². The van der Waals surface area contributed by atoms with Crippen LogP contribution in [0.25, 0.3) is 0 Å². The lowest BCUT2D eigenvalue weighted by atomic mass is 10.0. The van der Waals surface area contributed by atoms with Crippen molar-refractivity contribution in [1.82, 2.24) is 5.48 Å². The molecule has 0 unspecified atom stereocenters. The number of nitrogens with two attached hydrogens (primary N) is 1. The summed E-state index contributed by atoms with van der Waals surface area (Å²) in [6.07, 6.45) is -4.55. The summed E-state index contributed by atoms with van der Waals surface area (Å²) in [6.45, 7) is -1.26. The summed E-state index contributed by atoms with van der Waals surface area (Å²) in [4.78, 5) is 15.4. The highest BCUT2D eigenvalue weighted by atomic mass is 19.4. The van der Waals surface area contributed by atoms with E-state index in [1.165, 1.54) is 0 Å². The Balaban J connectivity index is 2.45. The lowest BCUT2D eigenvalue weighted by Crippen LogP contribution is -2.30. The highest BCUT2D eigenvalue weighted by molar-refractivity contribution is 5.77. The van der Waals surface area contributed by atoms with Crippen molar-refractivity contribution < 1.29 is 22.8 Å². The SMILES string of the molecule is NCc1ccccc1CC(=O)NOCC(F)(F)F. The van der Waals surface area contributed by atoms with E-state index in [9.17, 15) is 18.0 Å². The van der Waals surface area contributed by atoms with Crippen LogP contribution in [0.15, 0.2) is 24.3 Å². The first kappa shape index (κ1) is 14.5. The van der Waals surface area contributed by atoms with Crippen molar-refractivity contribution in [3.8, 4) is 0 Å². The first-order chi connectivity index (χ1) is 8.42. The van der Waals surface area contributed by atoms with Crippen LogP contribution in [-0.2, 0) is 22.6 Å². The Morgan fingerprint density at radius 2 is 1.89 bits per heavy atom. The molecule has 1 amide bonds. The normalized spacial score (nSPS) is 11.3. The minimum absolute atomic E-state index is 0.0781. The van der Waals surface area contributed by atoms with Crippen LogP contribution in [0, 0.1) is 0 Å². The van der Waals surface area contributed by atoms with Gasteiger partial charge >= 0.3 is 6.18 Å². The van der Waals surface area contributed by atoms with E-state index in [2.05, 4.69) is 4.84 Å². The fraction of sp³-hybridized carbons (Fsp3) is 0.364. The molecule has 0 aliphatic carbocycles. The topological polar surface area (TPSA) is 64.4 Å². The molecular weight excluding hydrogens is 249 g/mol. The Hall–Kier alpha value is -1.60.